The molecule has 0 aliphatic rings. The zero-order valence-corrected chi connectivity index (χ0v) is 5.70. The van der Waals surface area contributed by atoms with Crippen molar-refractivity contribution in [2.45, 2.75) is 0 Å². The van der Waals surface area contributed by atoms with Crippen LogP contribution in [0.4, 0.5) is 18.9 Å². The van der Waals surface area contributed by atoms with Crippen molar-refractivity contribution in [1.29, 1.82) is 0 Å². The second-order valence-corrected chi connectivity index (χ2v) is 2.05. The summed E-state index contributed by atoms with van der Waals surface area (Å²) in [5.74, 6) is -4.23. The third kappa shape index (κ3) is 1.13. The lowest BCUT2D eigenvalue weighted by Gasteiger charge is -2.00. The summed E-state index contributed by atoms with van der Waals surface area (Å²) in [5.41, 5.74) is 3.18. The van der Waals surface area contributed by atoms with Gasteiger partial charge in [-0.15, -0.1) is 0 Å². The van der Waals surface area contributed by atoms with Gasteiger partial charge in [0.15, 0.2) is 17.5 Å². The van der Waals surface area contributed by atoms with Crippen molar-refractivity contribution in [1.82, 2.24) is 0 Å². The predicted octanol–water partition coefficient (Wildman–Crippen LogP) is 1.14. The quantitative estimate of drug-likeness (QED) is 0.512. The van der Waals surface area contributed by atoms with Gasteiger partial charge >= 0.3 is 0 Å². The van der Waals surface area contributed by atoms with Crippen molar-refractivity contribution in [3.8, 4) is 0 Å². The van der Waals surface area contributed by atoms with Crippen molar-refractivity contribution in [2.75, 3.05) is 5.73 Å². The number of nitrogens with two attached hydrogens (primary N) is 1. The molecule has 2 N–H and O–H groups in total. The first-order valence-electron chi connectivity index (χ1n) is 2.89. The van der Waals surface area contributed by atoms with E-state index in [4.69, 9.17) is 5.73 Å². The van der Waals surface area contributed by atoms with Gasteiger partial charge in [0.2, 0.25) is 6.29 Å². The van der Waals surface area contributed by atoms with Crippen LogP contribution in [0.15, 0.2) is 6.07 Å². The van der Waals surface area contributed by atoms with Crippen molar-refractivity contribution >= 4 is 12.0 Å². The highest BCUT2D eigenvalue weighted by Gasteiger charge is 2.16. The van der Waals surface area contributed by atoms with E-state index in [1.807, 2.05) is 0 Å². The topological polar surface area (TPSA) is 43.1 Å². The molecule has 0 amide bonds. The normalized spacial score (nSPS) is 9.92. The first-order chi connectivity index (χ1) is 5.57. The molecule has 0 spiro atoms. The minimum atomic E-state index is -1.57. The Morgan fingerprint density at radius 2 is 1.83 bits per heavy atom. The summed E-state index contributed by atoms with van der Waals surface area (Å²) in [6.07, 6.45) is 0.925. The molecule has 0 heterocycles. The average molecular weight is 174 g/mol. The molecule has 12 heavy (non-hydrogen) atoms. The highest BCUT2D eigenvalue weighted by Crippen LogP contribution is 2.19. The summed E-state index contributed by atoms with van der Waals surface area (Å²) in [6.45, 7) is 0. The lowest BCUT2D eigenvalue weighted by atomic mass is 10.2. The Labute approximate surface area is 65.8 Å². The van der Waals surface area contributed by atoms with Crippen LogP contribution < -0.4 is 5.73 Å². The number of hydrogen-bond acceptors (Lipinski definition) is 2. The van der Waals surface area contributed by atoms with E-state index in [0.717, 1.165) is 6.29 Å². The standard InChI is InChI=1S/C7H3F3NO/c8-4-1-5(11)7(10)3(2-12)6(4)9/h1H,11H2. The van der Waals surface area contributed by atoms with Crippen LogP contribution in [0.25, 0.3) is 0 Å². The van der Waals surface area contributed by atoms with Crippen molar-refractivity contribution in [3.63, 3.8) is 0 Å². The predicted molar refractivity (Wildman–Crippen MR) is 35.5 cm³/mol. The summed E-state index contributed by atoms with van der Waals surface area (Å²) < 4.78 is 37.6. The number of hydrogen-bond donors (Lipinski definition) is 1. The second-order valence-electron chi connectivity index (χ2n) is 2.05. The molecular weight excluding hydrogens is 171 g/mol. The minimum absolute atomic E-state index is 0.464. The zero-order valence-electron chi connectivity index (χ0n) is 5.70. The van der Waals surface area contributed by atoms with Gasteiger partial charge in [0, 0.05) is 6.07 Å². The molecule has 0 aromatic heterocycles. The van der Waals surface area contributed by atoms with Crippen LogP contribution in [0.5, 0.6) is 0 Å². The van der Waals surface area contributed by atoms with Gasteiger partial charge in [0.1, 0.15) is 5.56 Å². The molecule has 1 aromatic rings. The molecule has 0 saturated heterocycles. The van der Waals surface area contributed by atoms with Gasteiger partial charge in [0.25, 0.3) is 0 Å². The maximum Gasteiger partial charge on any atom is 0.239 e. The molecule has 1 radical (unpaired) electrons. The van der Waals surface area contributed by atoms with E-state index in [1.54, 1.807) is 0 Å². The fraction of sp³-hybridized carbons (Fsp3) is 0. The van der Waals surface area contributed by atoms with Gasteiger partial charge in [-0.2, -0.15) is 0 Å². The van der Waals surface area contributed by atoms with Gasteiger partial charge < -0.3 is 5.73 Å². The molecule has 0 aliphatic heterocycles. The van der Waals surface area contributed by atoms with Crippen LogP contribution in [-0.2, 0) is 4.79 Å². The van der Waals surface area contributed by atoms with E-state index >= 15 is 0 Å². The van der Waals surface area contributed by atoms with Gasteiger partial charge in [-0.25, -0.2) is 13.2 Å². The van der Waals surface area contributed by atoms with Gasteiger partial charge in [0.05, 0.1) is 5.69 Å². The highest BCUT2D eigenvalue weighted by molar-refractivity contribution is 5.78. The molecule has 0 aliphatic carbocycles. The van der Waals surface area contributed by atoms with E-state index in [-0.39, 0.29) is 0 Å². The van der Waals surface area contributed by atoms with Crippen LogP contribution in [0, 0.1) is 17.5 Å². The number of halogens is 3. The third-order valence-corrected chi connectivity index (χ3v) is 1.29. The van der Waals surface area contributed by atoms with E-state index < -0.39 is 28.7 Å². The van der Waals surface area contributed by atoms with Crippen molar-refractivity contribution < 1.29 is 18.0 Å². The Kier molecular flexibility index (Phi) is 2.03. The molecular formula is C7H3F3NO. The van der Waals surface area contributed by atoms with Crippen LogP contribution in [0.1, 0.15) is 5.56 Å². The zero-order chi connectivity index (χ0) is 9.30. The maximum atomic E-state index is 12.6. The van der Waals surface area contributed by atoms with E-state index in [1.165, 1.54) is 0 Å². The summed E-state index contributed by atoms with van der Waals surface area (Å²) in [4.78, 5) is 9.93. The van der Waals surface area contributed by atoms with Crippen LogP contribution in [0.2, 0.25) is 0 Å². The molecule has 0 bridgehead atoms. The summed E-state index contributed by atoms with van der Waals surface area (Å²) in [6, 6.07) is 0.464. The highest BCUT2D eigenvalue weighted by atomic mass is 19.2. The molecule has 1 aromatic carbocycles. The van der Waals surface area contributed by atoms with Gasteiger partial charge in [-0.05, 0) is 0 Å². The first kappa shape index (κ1) is 8.58. The Morgan fingerprint density at radius 3 is 2.33 bits per heavy atom. The number of rotatable bonds is 1. The van der Waals surface area contributed by atoms with Crippen molar-refractivity contribution in [3.05, 3.63) is 29.1 Å². The maximum absolute atomic E-state index is 12.6. The molecule has 0 saturated carbocycles. The molecule has 1 rings (SSSR count). The molecule has 0 atom stereocenters. The van der Waals surface area contributed by atoms with E-state index in [9.17, 15) is 18.0 Å². The number of benzene rings is 1. The summed E-state index contributed by atoms with van der Waals surface area (Å²) in [7, 11) is 0. The Morgan fingerprint density at radius 1 is 1.25 bits per heavy atom. The Balaban J connectivity index is 3.52. The van der Waals surface area contributed by atoms with Gasteiger partial charge in [-0.3, -0.25) is 4.79 Å². The average Bonchev–Trinajstić information content (AvgIpc) is 2.02. The molecule has 5 heteroatoms. The monoisotopic (exact) mass is 174 g/mol. The van der Waals surface area contributed by atoms with E-state index in [2.05, 4.69) is 0 Å². The largest absolute Gasteiger partial charge is 0.396 e. The van der Waals surface area contributed by atoms with Gasteiger partial charge in [-0.1, -0.05) is 0 Å². The SMILES string of the molecule is Nc1cc(F)c(F)c([C]=O)c1F. The second kappa shape index (κ2) is 2.84. The van der Waals surface area contributed by atoms with Crippen LogP contribution in [0.3, 0.4) is 0 Å². The van der Waals surface area contributed by atoms with E-state index in [0.29, 0.717) is 6.07 Å². The minimum Gasteiger partial charge on any atom is -0.396 e. The van der Waals surface area contributed by atoms with Crippen LogP contribution in [-0.4, -0.2) is 6.29 Å². The molecule has 0 unspecified atom stereocenters. The van der Waals surface area contributed by atoms with Crippen molar-refractivity contribution in [2.24, 2.45) is 0 Å². The Hall–Kier alpha value is -1.52. The number of nitrogen functional groups attached to an aromatic ring is 1. The van der Waals surface area contributed by atoms with Crippen LogP contribution >= 0.6 is 0 Å². The lowest BCUT2D eigenvalue weighted by molar-refractivity contribution is 0.488. The molecule has 0 fully saturated rings. The molecule has 63 valence electrons. The lowest BCUT2D eigenvalue weighted by Crippen LogP contribution is -2.02. The third-order valence-electron chi connectivity index (χ3n) is 1.29. The fourth-order valence-corrected chi connectivity index (χ4v) is 0.713. The summed E-state index contributed by atoms with van der Waals surface area (Å²) in [5, 5.41) is 0. The number of carbonyl (C=O) groups excluding carboxylic acids is 1. The first-order valence-corrected chi connectivity index (χ1v) is 2.89. The smallest absolute Gasteiger partial charge is 0.239 e. The Bertz CT molecular complexity index is 312. The summed E-state index contributed by atoms with van der Waals surface area (Å²) >= 11 is 0. The number of anilines is 1. The fourth-order valence-electron chi connectivity index (χ4n) is 0.713. The molecule has 2 nitrogen and oxygen atoms in total.